The number of hydrogen-bond acceptors (Lipinski definition) is 11. The third-order valence-electron chi connectivity index (χ3n) is 12.3. The lowest BCUT2D eigenvalue weighted by Crippen LogP contribution is -2.62. The zero-order valence-corrected chi connectivity index (χ0v) is 30.1. The number of imide groups is 2. The molecule has 10 rings (SSSR count). The van der Waals surface area contributed by atoms with E-state index in [4.69, 9.17) is 15.6 Å². The van der Waals surface area contributed by atoms with Gasteiger partial charge in [0, 0.05) is 36.8 Å². The smallest absolute Gasteiger partial charge is 0.262 e. The minimum Gasteiger partial charge on any atom is -0.457 e. The van der Waals surface area contributed by atoms with E-state index in [1.165, 1.54) is 6.33 Å². The summed E-state index contributed by atoms with van der Waals surface area (Å²) in [6.45, 7) is 3.74. The number of amides is 4. The second-order valence-corrected chi connectivity index (χ2v) is 15.5. The average Bonchev–Trinajstić information content (AvgIpc) is 3.66. The number of fused-ring (bicyclic) bond motifs is 2. The predicted octanol–water partition coefficient (Wildman–Crippen LogP) is 4.57. The predicted molar refractivity (Wildman–Crippen MR) is 202 cm³/mol. The largest absolute Gasteiger partial charge is 0.457 e. The molecule has 5 aliphatic rings. The number of likely N-dealkylation sites (tertiary alicyclic amines) is 1. The Morgan fingerprint density at radius 2 is 1.55 bits per heavy atom. The fraction of sp³-hybridized carbons (Fsp3) is 0.341. The van der Waals surface area contributed by atoms with E-state index in [1.54, 1.807) is 12.1 Å². The zero-order valence-electron chi connectivity index (χ0n) is 30.1. The van der Waals surface area contributed by atoms with E-state index in [0.717, 1.165) is 96.2 Å². The molecular formula is C41H39N9O5. The number of ether oxygens (including phenoxy) is 1. The first kappa shape index (κ1) is 33.4. The van der Waals surface area contributed by atoms with E-state index in [-0.39, 0.29) is 30.2 Å². The minimum absolute atomic E-state index is 0.0956. The van der Waals surface area contributed by atoms with Crippen LogP contribution in [0, 0.1) is 5.41 Å². The quantitative estimate of drug-likeness (QED) is 0.225. The lowest BCUT2D eigenvalue weighted by atomic mass is 9.60. The van der Waals surface area contributed by atoms with Crippen molar-refractivity contribution in [1.82, 2.24) is 34.9 Å². The molecule has 4 fully saturated rings. The van der Waals surface area contributed by atoms with E-state index in [9.17, 15) is 19.2 Å². The normalized spacial score (nSPS) is 21.5. The van der Waals surface area contributed by atoms with Crippen molar-refractivity contribution in [2.75, 3.05) is 36.8 Å². The maximum Gasteiger partial charge on any atom is 0.262 e. The van der Waals surface area contributed by atoms with Gasteiger partial charge >= 0.3 is 0 Å². The maximum absolute atomic E-state index is 13.3. The van der Waals surface area contributed by atoms with Crippen LogP contribution < -0.4 is 20.7 Å². The van der Waals surface area contributed by atoms with Gasteiger partial charge in [-0.3, -0.25) is 34.3 Å². The van der Waals surface area contributed by atoms with Crippen molar-refractivity contribution in [3.63, 3.8) is 0 Å². The first-order chi connectivity index (χ1) is 26.7. The van der Waals surface area contributed by atoms with Crippen molar-refractivity contribution < 1.29 is 23.9 Å². The van der Waals surface area contributed by atoms with Crippen molar-refractivity contribution in [2.24, 2.45) is 5.41 Å². The van der Waals surface area contributed by atoms with Crippen molar-refractivity contribution >= 4 is 46.2 Å². The molecule has 3 aromatic carbocycles. The molecular weight excluding hydrogens is 699 g/mol. The highest BCUT2D eigenvalue weighted by Crippen LogP contribution is 2.56. The Morgan fingerprint density at radius 3 is 2.29 bits per heavy atom. The van der Waals surface area contributed by atoms with Gasteiger partial charge in [-0.05, 0) is 105 Å². The second kappa shape index (κ2) is 12.7. The maximum atomic E-state index is 13.3. The van der Waals surface area contributed by atoms with Gasteiger partial charge in [-0.2, -0.15) is 5.10 Å². The summed E-state index contributed by atoms with van der Waals surface area (Å²) < 4.78 is 8.07. The van der Waals surface area contributed by atoms with E-state index in [1.807, 2.05) is 60.7 Å². The van der Waals surface area contributed by atoms with Crippen LogP contribution in [-0.2, 0) is 9.59 Å². The van der Waals surface area contributed by atoms with Crippen LogP contribution >= 0.6 is 0 Å². The number of carbonyl (C=O) groups is 4. The Kier molecular flexibility index (Phi) is 7.73. The molecule has 0 radical (unpaired) electrons. The number of benzene rings is 3. The van der Waals surface area contributed by atoms with Crippen LogP contribution in [0.4, 0.5) is 11.5 Å². The lowest BCUT2D eigenvalue weighted by molar-refractivity contribution is -0.136. The van der Waals surface area contributed by atoms with Crippen molar-refractivity contribution in [3.05, 3.63) is 90.3 Å². The van der Waals surface area contributed by atoms with E-state index in [0.29, 0.717) is 23.0 Å². The van der Waals surface area contributed by atoms with E-state index < -0.39 is 23.8 Å². The van der Waals surface area contributed by atoms with E-state index >= 15 is 0 Å². The number of carbonyl (C=O) groups excluding carboxylic acids is 4. The Labute approximate surface area is 316 Å². The third kappa shape index (κ3) is 5.61. The number of hydrogen-bond donors (Lipinski definition) is 2. The van der Waals surface area contributed by atoms with Gasteiger partial charge in [-0.25, -0.2) is 14.6 Å². The van der Waals surface area contributed by atoms with E-state index in [2.05, 4.69) is 29.8 Å². The number of nitrogens with one attached hydrogen (secondary N) is 1. The molecule has 14 nitrogen and oxygen atoms in total. The van der Waals surface area contributed by atoms with Crippen LogP contribution in [0.3, 0.4) is 0 Å². The number of rotatable bonds is 7. The lowest BCUT2D eigenvalue weighted by Gasteiger charge is -2.55. The number of nitrogen functional groups attached to an aromatic ring is 1. The Balaban J connectivity index is 0.765. The summed E-state index contributed by atoms with van der Waals surface area (Å²) in [4.78, 5) is 65.3. The fourth-order valence-electron chi connectivity index (χ4n) is 9.19. The van der Waals surface area contributed by atoms with Crippen LogP contribution in [0.1, 0.15) is 65.3 Å². The average molecular weight is 738 g/mol. The summed E-state index contributed by atoms with van der Waals surface area (Å²) in [7, 11) is 0. The number of aromatic nitrogens is 4. The second-order valence-electron chi connectivity index (χ2n) is 15.5. The Morgan fingerprint density at radius 1 is 0.818 bits per heavy atom. The van der Waals surface area contributed by atoms with Gasteiger partial charge < -0.3 is 15.4 Å². The van der Waals surface area contributed by atoms with Gasteiger partial charge in [0.2, 0.25) is 11.8 Å². The van der Waals surface area contributed by atoms with Crippen LogP contribution in [0.25, 0.3) is 22.3 Å². The highest BCUT2D eigenvalue weighted by atomic mass is 16.5. The van der Waals surface area contributed by atoms with Crippen LogP contribution in [0.5, 0.6) is 11.5 Å². The first-order valence-electron chi connectivity index (χ1n) is 18.9. The van der Waals surface area contributed by atoms with Gasteiger partial charge in [0.15, 0.2) is 5.65 Å². The molecule has 4 amide bonds. The molecule has 4 aliphatic heterocycles. The molecule has 1 atom stereocenters. The number of para-hydroxylation sites is 1. The molecule has 0 bridgehead atoms. The van der Waals surface area contributed by atoms with Gasteiger partial charge in [0.05, 0.1) is 22.6 Å². The summed E-state index contributed by atoms with van der Waals surface area (Å²) in [6.07, 6.45) is 6.08. The monoisotopic (exact) mass is 737 g/mol. The first-order valence-corrected chi connectivity index (χ1v) is 18.9. The number of nitrogens with zero attached hydrogens (tertiary/aromatic N) is 7. The summed E-state index contributed by atoms with van der Waals surface area (Å²) in [5.41, 5.74) is 10.7. The molecule has 1 spiro atoms. The molecule has 6 heterocycles. The molecule has 5 aromatic rings. The van der Waals surface area contributed by atoms with Gasteiger partial charge in [-0.1, -0.05) is 18.2 Å². The van der Waals surface area contributed by atoms with Gasteiger partial charge in [0.1, 0.15) is 35.4 Å². The van der Waals surface area contributed by atoms with Crippen LogP contribution in [0.15, 0.2) is 79.1 Å². The molecule has 278 valence electrons. The van der Waals surface area contributed by atoms with Crippen molar-refractivity contribution in [2.45, 2.75) is 56.7 Å². The highest BCUT2D eigenvalue weighted by Gasteiger charge is 2.49. The summed E-state index contributed by atoms with van der Waals surface area (Å²) in [6, 6.07) is 22.6. The standard InChI is InChI=1S/C41H39N9O5/c42-36-34-35(24-6-9-29(10-7-24)55-28-4-2-1-3-5-28)46-50(37(34)44-23-43-36)26-19-41(20-26)14-16-47(17-15-41)27-21-48(22-27)25-8-11-30-31(18-25)40(54)49(39(30)53)32-12-13-33(51)45-38(32)52/h1-11,18,23,26-27,32H,12-17,19-22H2,(H2,42,43,44)(H,45,51,52). The summed E-state index contributed by atoms with van der Waals surface area (Å²) in [5.74, 6) is -0.0225. The van der Waals surface area contributed by atoms with Gasteiger partial charge in [0.25, 0.3) is 11.8 Å². The molecule has 14 heteroatoms. The Hall–Kier alpha value is -6.15. The molecule has 1 saturated carbocycles. The van der Waals surface area contributed by atoms with Crippen molar-refractivity contribution in [1.29, 1.82) is 0 Å². The Bertz CT molecular complexity index is 2370. The SMILES string of the molecule is Nc1ncnc2c1c(-c1ccc(Oc3ccccc3)cc1)nn2C1CC2(CCN(C3CN(c4ccc5c(c4)C(=O)N(C4CCC(=O)NC4=O)C5=O)C3)CC2)C1. The van der Waals surface area contributed by atoms with Gasteiger partial charge in [-0.15, -0.1) is 0 Å². The number of nitrogens with two attached hydrogens (primary N) is 1. The summed E-state index contributed by atoms with van der Waals surface area (Å²) >= 11 is 0. The molecule has 1 aliphatic carbocycles. The van der Waals surface area contributed by atoms with Crippen LogP contribution in [0.2, 0.25) is 0 Å². The van der Waals surface area contributed by atoms with Crippen LogP contribution in [-0.4, -0.2) is 91.4 Å². The highest BCUT2D eigenvalue weighted by molar-refractivity contribution is 6.23. The number of anilines is 2. The molecule has 1 unspecified atom stereocenters. The topological polar surface area (TPSA) is 169 Å². The van der Waals surface area contributed by atoms with Crippen molar-refractivity contribution in [3.8, 4) is 22.8 Å². The molecule has 3 saturated heterocycles. The summed E-state index contributed by atoms with van der Waals surface area (Å²) in [5, 5.41) is 8.13. The minimum atomic E-state index is -0.969. The zero-order chi connectivity index (χ0) is 37.4. The fourth-order valence-corrected chi connectivity index (χ4v) is 9.19. The molecule has 2 aromatic heterocycles. The molecule has 3 N–H and O–H groups in total. The number of piperidine rings is 2. The third-order valence-corrected chi connectivity index (χ3v) is 12.3. The molecule has 55 heavy (non-hydrogen) atoms.